The molecule has 0 spiro atoms. The highest BCUT2D eigenvalue weighted by Crippen LogP contribution is 2.24. The van der Waals surface area contributed by atoms with Crippen molar-refractivity contribution in [1.82, 2.24) is 0 Å². The van der Waals surface area contributed by atoms with Gasteiger partial charge in [0.2, 0.25) is 5.91 Å². The summed E-state index contributed by atoms with van der Waals surface area (Å²) >= 11 is 1.60. The highest BCUT2D eigenvalue weighted by atomic mass is 35.5. The molecule has 0 heterocycles. The van der Waals surface area contributed by atoms with Gasteiger partial charge in [-0.3, -0.25) is 4.79 Å². The fourth-order valence-electron chi connectivity index (χ4n) is 1.16. The van der Waals surface area contributed by atoms with E-state index in [1.807, 2.05) is 37.4 Å². The quantitative estimate of drug-likeness (QED) is 0.818. The van der Waals surface area contributed by atoms with Crippen LogP contribution >= 0.6 is 24.2 Å². The van der Waals surface area contributed by atoms with Gasteiger partial charge in [0.25, 0.3) is 0 Å². The van der Waals surface area contributed by atoms with E-state index < -0.39 is 6.04 Å². The zero-order chi connectivity index (χ0) is 11.3. The van der Waals surface area contributed by atoms with Gasteiger partial charge in [0, 0.05) is 4.90 Å². The normalized spacial score (nSPS) is 11.4. The van der Waals surface area contributed by atoms with Crippen molar-refractivity contribution in [2.24, 2.45) is 5.73 Å². The van der Waals surface area contributed by atoms with Gasteiger partial charge in [0.1, 0.15) is 0 Å². The molecule has 16 heavy (non-hydrogen) atoms. The molecule has 3 nitrogen and oxygen atoms in total. The van der Waals surface area contributed by atoms with Gasteiger partial charge in [0.15, 0.2) is 0 Å². The molecule has 0 aromatic heterocycles. The van der Waals surface area contributed by atoms with E-state index in [-0.39, 0.29) is 18.3 Å². The van der Waals surface area contributed by atoms with Crippen LogP contribution in [0.25, 0.3) is 0 Å². The third kappa shape index (κ3) is 4.04. The highest BCUT2D eigenvalue weighted by molar-refractivity contribution is 7.98. The molecule has 5 heteroatoms. The Bertz CT molecular complexity index is 347. The number of hydrogen-bond donors (Lipinski definition) is 2. The summed E-state index contributed by atoms with van der Waals surface area (Å²) in [6.45, 7) is 1.89. The van der Waals surface area contributed by atoms with Crippen LogP contribution in [0.2, 0.25) is 0 Å². The molecule has 0 unspecified atom stereocenters. The minimum absolute atomic E-state index is 0. The number of nitrogens with one attached hydrogen (secondary N) is 1. The van der Waals surface area contributed by atoms with Crippen LogP contribution in [0.3, 0.4) is 0 Å². The summed E-state index contributed by atoms with van der Waals surface area (Å²) in [5.41, 5.74) is 6.47. The number of para-hydroxylation sites is 1. The van der Waals surface area contributed by atoms with Gasteiger partial charge in [0.05, 0.1) is 11.7 Å². The number of rotatable bonds is 4. The van der Waals surface area contributed by atoms with Gasteiger partial charge >= 0.3 is 0 Å². The molecular formula is C11H17ClN2OS. The molecular weight excluding hydrogens is 244 g/mol. The minimum atomic E-state index is -0.431. The molecule has 0 aliphatic carbocycles. The van der Waals surface area contributed by atoms with Crippen LogP contribution < -0.4 is 11.1 Å². The lowest BCUT2D eigenvalue weighted by Crippen LogP contribution is -2.34. The van der Waals surface area contributed by atoms with E-state index in [0.717, 1.165) is 10.6 Å². The topological polar surface area (TPSA) is 55.1 Å². The van der Waals surface area contributed by atoms with Crippen molar-refractivity contribution in [2.45, 2.75) is 24.3 Å². The van der Waals surface area contributed by atoms with Crippen LogP contribution in [0.1, 0.15) is 13.3 Å². The number of benzene rings is 1. The first-order chi connectivity index (χ1) is 7.19. The number of hydrogen-bond acceptors (Lipinski definition) is 3. The van der Waals surface area contributed by atoms with Crippen LogP contribution in [0.15, 0.2) is 29.2 Å². The number of carbonyl (C=O) groups is 1. The van der Waals surface area contributed by atoms with Crippen LogP contribution in [0.5, 0.6) is 0 Å². The van der Waals surface area contributed by atoms with E-state index in [2.05, 4.69) is 5.32 Å². The Labute approximate surface area is 107 Å². The smallest absolute Gasteiger partial charge is 0.241 e. The van der Waals surface area contributed by atoms with Gasteiger partial charge < -0.3 is 11.1 Å². The van der Waals surface area contributed by atoms with Crippen LogP contribution in [0.4, 0.5) is 5.69 Å². The Kier molecular flexibility index (Phi) is 7.21. The zero-order valence-electron chi connectivity index (χ0n) is 9.40. The van der Waals surface area contributed by atoms with Crippen molar-refractivity contribution < 1.29 is 4.79 Å². The van der Waals surface area contributed by atoms with E-state index in [1.165, 1.54) is 0 Å². The monoisotopic (exact) mass is 260 g/mol. The molecule has 3 N–H and O–H groups in total. The van der Waals surface area contributed by atoms with Crippen LogP contribution in [0, 0.1) is 0 Å². The molecule has 1 atom stereocenters. The number of amides is 1. The first kappa shape index (κ1) is 15.3. The molecule has 0 aliphatic heterocycles. The molecule has 0 saturated heterocycles. The lowest BCUT2D eigenvalue weighted by molar-refractivity contribution is -0.117. The summed E-state index contributed by atoms with van der Waals surface area (Å²) in [4.78, 5) is 12.6. The summed E-state index contributed by atoms with van der Waals surface area (Å²) in [5.74, 6) is -0.126. The molecule has 1 amide bonds. The molecule has 1 aromatic rings. The molecule has 0 bridgehead atoms. The van der Waals surface area contributed by atoms with Crippen molar-refractivity contribution >= 4 is 35.8 Å². The Morgan fingerprint density at radius 3 is 2.69 bits per heavy atom. The van der Waals surface area contributed by atoms with Gasteiger partial charge in [-0.05, 0) is 24.8 Å². The molecule has 1 aromatic carbocycles. The second-order valence-electron chi connectivity index (χ2n) is 3.20. The van der Waals surface area contributed by atoms with E-state index in [9.17, 15) is 4.79 Å². The predicted molar refractivity (Wildman–Crippen MR) is 72.4 cm³/mol. The molecule has 0 fully saturated rings. The fraction of sp³-hybridized carbons (Fsp3) is 0.364. The zero-order valence-corrected chi connectivity index (χ0v) is 11.0. The largest absolute Gasteiger partial charge is 0.324 e. The first-order valence-corrected chi connectivity index (χ1v) is 6.11. The minimum Gasteiger partial charge on any atom is -0.324 e. The van der Waals surface area contributed by atoms with Crippen molar-refractivity contribution in [3.8, 4) is 0 Å². The van der Waals surface area contributed by atoms with Gasteiger partial charge in [-0.15, -0.1) is 24.2 Å². The van der Waals surface area contributed by atoms with E-state index in [1.54, 1.807) is 11.8 Å². The van der Waals surface area contributed by atoms with Crippen molar-refractivity contribution in [2.75, 3.05) is 11.6 Å². The molecule has 1 rings (SSSR count). The average molecular weight is 261 g/mol. The maximum absolute atomic E-state index is 11.6. The van der Waals surface area contributed by atoms with Crippen molar-refractivity contribution in [1.29, 1.82) is 0 Å². The molecule has 90 valence electrons. The Balaban J connectivity index is 0.00000225. The van der Waals surface area contributed by atoms with Gasteiger partial charge in [-0.25, -0.2) is 0 Å². The maximum Gasteiger partial charge on any atom is 0.241 e. The van der Waals surface area contributed by atoms with Crippen LogP contribution in [-0.4, -0.2) is 18.2 Å². The van der Waals surface area contributed by atoms with Crippen LogP contribution in [-0.2, 0) is 4.79 Å². The van der Waals surface area contributed by atoms with Crippen molar-refractivity contribution in [3.05, 3.63) is 24.3 Å². The predicted octanol–water partition coefficient (Wildman–Crippen LogP) is 2.51. The molecule has 0 radical (unpaired) electrons. The molecule has 0 saturated carbocycles. The number of nitrogens with two attached hydrogens (primary N) is 1. The Morgan fingerprint density at radius 1 is 1.50 bits per heavy atom. The first-order valence-electron chi connectivity index (χ1n) is 4.88. The summed E-state index contributed by atoms with van der Waals surface area (Å²) in [5, 5.41) is 2.83. The third-order valence-electron chi connectivity index (χ3n) is 2.14. The average Bonchev–Trinajstić information content (AvgIpc) is 2.28. The number of carbonyl (C=O) groups excluding carboxylic acids is 1. The highest BCUT2D eigenvalue weighted by Gasteiger charge is 2.12. The van der Waals surface area contributed by atoms with E-state index >= 15 is 0 Å². The maximum atomic E-state index is 11.6. The summed E-state index contributed by atoms with van der Waals surface area (Å²) in [7, 11) is 0. The number of halogens is 1. The second kappa shape index (κ2) is 7.54. The van der Waals surface area contributed by atoms with E-state index in [0.29, 0.717) is 6.42 Å². The third-order valence-corrected chi connectivity index (χ3v) is 2.94. The van der Waals surface area contributed by atoms with E-state index in [4.69, 9.17) is 5.73 Å². The van der Waals surface area contributed by atoms with Gasteiger partial charge in [-0.2, -0.15) is 0 Å². The number of thioether (sulfide) groups is 1. The SMILES string of the molecule is CC[C@H](N)C(=O)Nc1ccccc1SC.Cl. The number of anilines is 1. The second-order valence-corrected chi connectivity index (χ2v) is 4.05. The van der Waals surface area contributed by atoms with Crippen molar-refractivity contribution in [3.63, 3.8) is 0 Å². The standard InChI is InChI=1S/C11H16N2OS.ClH/c1-3-8(12)11(14)13-9-6-4-5-7-10(9)15-2;/h4-8H,3,12H2,1-2H3,(H,13,14);1H/t8-;/m0./s1. The summed E-state index contributed by atoms with van der Waals surface area (Å²) in [6.07, 6.45) is 2.62. The summed E-state index contributed by atoms with van der Waals surface area (Å²) in [6, 6.07) is 7.26. The Morgan fingerprint density at radius 2 is 2.12 bits per heavy atom. The lowest BCUT2D eigenvalue weighted by atomic mass is 10.2. The molecule has 0 aliphatic rings. The van der Waals surface area contributed by atoms with Gasteiger partial charge in [-0.1, -0.05) is 19.1 Å². The lowest BCUT2D eigenvalue weighted by Gasteiger charge is -2.12. The Hall–Kier alpha value is -0.710. The summed E-state index contributed by atoms with van der Waals surface area (Å²) < 4.78 is 0. The fourth-order valence-corrected chi connectivity index (χ4v) is 1.71.